The van der Waals surface area contributed by atoms with E-state index < -0.39 is 6.04 Å². The number of furan rings is 1. The molecule has 9 nitrogen and oxygen atoms in total. The van der Waals surface area contributed by atoms with E-state index in [1.165, 1.54) is 0 Å². The quantitative estimate of drug-likeness (QED) is 0.405. The van der Waals surface area contributed by atoms with Gasteiger partial charge in [0.25, 0.3) is 5.91 Å². The van der Waals surface area contributed by atoms with Crippen LogP contribution < -0.4 is 15.4 Å². The zero-order valence-corrected chi connectivity index (χ0v) is 18.9. The minimum Gasteiger partial charge on any atom is -0.508 e. The lowest BCUT2D eigenvalue weighted by atomic mass is 10.00. The van der Waals surface area contributed by atoms with Gasteiger partial charge in [0.2, 0.25) is 5.95 Å². The van der Waals surface area contributed by atoms with Gasteiger partial charge in [-0.05, 0) is 50.2 Å². The van der Waals surface area contributed by atoms with Crippen molar-refractivity contribution >= 4 is 17.5 Å². The van der Waals surface area contributed by atoms with Crippen LogP contribution in [0, 0.1) is 6.92 Å². The van der Waals surface area contributed by atoms with Crippen molar-refractivity contribution in [2.75, 3.05) is 17.7 Å². The third-order valence-corrected chi connectivity index (χ3v) is 5.59. The van der Waals surface area contributed by atoms with Gasteiger partial charge >= 0.3 is 0 Å². The first-order chi connectivity index (χ1) is 16.4. The van der Waals surface area contributed by atoms with Crippen molar-refractivity contribution in [1.82, 2.24) is 14.8 Å². The molecule has 1 aliphatic rings. The Kier molecular flexibility index (Phi) is 5.29. The molecule has 0 radical (unpaired) electrons. The van der Waals surface area contributed by atoms with Crippen LogP contribution in [0.1, 0.15) is 24.5 Å². The summed E-state index contributed by atoms with van der Waals surface area (Å²) in [6, 6.07) is 16.9. The van der Waals surface area contributed by atoms with Crippen molar-refractivity contribution in [2.45, 2.75) is 19.9 Å². The van der Waals surface area contributed by atoms with Gasteiger partial charge in [-0.1, -0.05) is 24.3 Å². The topological polar surface area (TPSA) is 114 Å². The van der Waals surface area contributed by atoms with E-state index in [1.807, 2.05) is 44.2 Å². The molecule has 0 bridgehead atoms. The highest BCUT2D eigenvalue weighted by molar-refractivity contribution is 6.06. The van der Waals surface area contributed by atoms with E-state index in [-0.39, 0.29) is 11.7 Å². The number of benzene rings is 2. The molecule has 0 saturated carbocycles. The molecule has 0 fully saturated rings. The summed E-state index contributed by atoms with van der Waals surface area (Å²) in [6.07, 6.45) is 0. The van der Waals surface area contributed by atoms with Gasteiger partial charge in [-0.25, -0.2) is 4.68 Å². The van der Waals surface area contributed by atoms with Crippen molar-refractivity contribution in [3.8, 4) is 22.9 Å². The maximum Gasteiger partial charge on any atom is 0.256 e. The molecule has 3 N–H and O–H groups in total. The summed E-state index contributed by atoms with van der Waals surface area (Å²) in [5.74, 6) is 2.48. The Hall–Kier alpha value is -4.53. The lowest BCUT2D eigenvalue weighted by molar-refractivity contribution is -0.113. The number of carbonyl (C=O) groups excluding carboxylic acids is 1. The molecule has 1 aliphatic heterocycles. The molecule has 9 heteroatoms. The standard InChI is InChI=1S/C25H23N5O4/c1-14-11-12-20(34-14)22-21(24(32)27-18-9-4-5-10-19(18)33-3)15(2)26-25-28-23(29-30(22)25)16-7-6-8-17(31)13-16/h4-13,22,31H,1-3H3,(H,27,32)(H,26,28,29). The molecule has 2 aromatic heterocycles. The summed E-state index contributed by atoms with van der Waals surface area (Å²) >= 11 is 0. The van der Waals surface area contributed by atoms with Gasteiger partial charge in [0.1, 0.15) is 29.1 Å². The van der Waals surface area contributed by atoms with Crippen LogP contribution in [0.15, 0.2) is 76.4 Å². The number of anilines is 2. The SMILES string of the molecule is COc1ccccc1NC(=O)C1=C(C)Nc2nc(-c3cccc(O)c3)nn2C1c1ccc(C)o1. The van der Waals surface area contributed by atoms with Crippen molar-refractivity contribution in [2.24, 2.45) is 0 Å². The second-order valence-corrected chi connectivity index (χ2v) is 7.92. The molecular formula is C25H23N5O4. The molecule has 34 heavy (non-hydrogen) atoms. The summed E-state index contributed by atoms with van der Waals surface area (Å²) in [5.41, 5.74) is 2.25. The fraction of sp³-hybridized carbons (Fsp3) is 0.160. The third kappa shape index (κ3) is 3.77. The molecule has 0 saturated heterocycles. The average Bonchev–Trinajstić information content (AvgIpc) is 3.44. The van der Waals surface area contributed by atoms with E-state index in [0.29, 0.717) is 51.6 Å². The third-order valence-electron chi connectivity index (χ3n) is 5.59. The Balaban J connectivity index is 1.59. The van der Waals surface area contributed by atoms with E-state index in [4.69, 9.17) is 9.15 Å². The number of nitrogens with zero attached hydrogens (tertiary/aromatic N) is 3. The first-order valence-electron chi connectivity index (χ1n) is 10.7. The van der Waals surface area contributed by atoms with Crippen LogP contribution in [0.2, 0.25) is 0 Å². The van der Waals surface area contributed by atoms with E-state index in [2.05, 4.69) is 20.7 Å². The number of aryl methyl sites for hydroxylation is 1. The van der Waals surface area contributed by atoms with Gasteiger partial charge in [-0.15, -0.1) is 5.10 Å². The Morgan fingerprint density at radius 3 is 2.71 bits per heavy atom. The number of ether oxygens (including phenoxy) is 1. The second kappa shape index (κ2) is 8.43. The van der Waals surface area contributed by atoms with Gasteiger partial charge in [-0.3, -0.25) is 4.79 Å². The highest BCUT2D eigenvalue weighted by Crippen LogP contribution is 2.38. The average molecular weight is 457 g/mol. The number of methoxy groups -OCH3 is 1. The number of amides is 1. The number of para-hydroxylation sites is 2. The minimum atomic E-state index is -0.654. The van der Waals surface area contributed by atoms with Crippen molar-refractivity contribution in [3.63, 3.8) is 0 Å². The number of rotatable bonds is 5. The van der Waals surface area contributed by atoms with E-state index >= 15 is 0 Å². The monoisotopic (exact) mass is 457 g/mol. The number of hydrogen-bond donors (Lipinski definition) is 3. The summed E-state index contributed by atoms with van der Waals surface area (Å²) in [7, 11) is 1.55. The van der Waals surface area contributed by atoms with Crippen molar-refractivity contribution in [3.05, 3.63) is 83.5 Å². The number of aromatic nitrogens is 3. The fourth-order valence-corrected chi connectivity index (χ4v) is 4.01. The molecule has 1 unspecified atom stereocenters. The maximum atomic E-state index is 13.6. The molecule has 4 aromatic rings. The van der Waals surface area contributed by atoms with Crippen LogP contribution in [0.5, 0.6) is 11.5 Å². The molecule has 2 aromatic carbocycles. The minimum absolute atomic E-state index is 0.114. The molecule has 3 heterocycles. The predicted molar refractivity (Wildman–Crippen MR) is 127 cm³/mol. The predicted octanol–water partition coefficient (Wildman–Crippen LogP) is 4.49. The number of allylic oxidation sites excluding steroid dienone is 1. The van der Waals surface area contributed by atoms with E-state index in [9.17, 15) is 9.90 Å². The smallest absolute Gasteiger partial charge is 0.256 e. The lowest BCUT2D eigenvalue weighted by Gasteiger charge is -2.27. The zero-order chi connectivity index (χ0) is 23.8. The first kappa shape index (κ1) is 21.3. The number of fused-ring (bicyclic) bond motifs is 1. The number of hydrogen-bond acceptors (Lipinski definition) is 7. The van der Waals surface area contributed by atoms with Gasteiger partial charge in [0, 0.05) is 11.3 Å². The number of carbonyl (C=O) groups is 1. The number of aromatic hydroxyl groups is 1. The van der Waals surface area contributed by atoms with Crippen LogP contribution in [-0.2, 0) is 4.79 Å². The summed E-state index contributed by atoms with van der Waals surface area (Å²) in [4.78, 5) is 18.2. The number of phenols is 1. The summed E-state index contributed by atoms with van der Waals surface area (Å²) < 4.78 is 12.9. The normalized spacial score (nSPS) is 15.0. The van der Waals surface area contributed by atoms with Crippen LogP contribution in [0.25, 0.3) is 11.4 Å². The fourth-order valence-electron chi connectivity index (χ4n) is 4.01. The lowest BCUT2D eigenvalue weighted by Crippen LogP contribution is -2.31. The van der Waals surface area contributed by atoms with E-state index in [0.717, 1.165) is 0 Å². The second-order valence-electron chi connectivity index (χ2n) is 7.92. The summed E-state index contributed by atoms with van der Waals surface area (Å²) in [5, 5.41) is 20.7. The highest BCUT2D eigenvalue weighted by atomic mass is 16.5. The van der Waals surface area contributed by atoms with Gasteiger partial charge < -0.3 is 24.9 Å². The molecule has 5 rings (SSSR count). The molecule has 1 amide bonds. The van der Waals surface area contributed by atoms with Gasteiger partial charge in [-0.2, -0.15) is 4.98 Å². The zero-order valence-electron chi connectivity index (χ0n) is 18.9. The number of nitrogens with one attached hydrogen (secondary N) is 2. The van der Waals surface area contributed by atoms with Gasteiger partial charge in [0.05, 0.1) is 18.4 Å². The van der Waals surface area contributed by atoms with Gasteiger partial charge in [0.15, 0.2) is 5.82 Å². The van der Waals surface area contributed by atoms with Crippen molar-refractivity contribution in [1.29, 1.82) is 0 Å². The van der Waals surface area contributed by atoms with Crippen LogP contribution in [0.4, 0.5) is 11.6 Å². The molecule has 0 spiro atoms. The largest absolute Gasteiger partial charge is 0.508 e. The highest BCUT2D eigenvalue weighted by Gasteiger charge is 2.36. The molecule has 0 aliphatic carbocycles. The number of phenolic OH excluding ortho intramolecular Hbond substituents is 1. The maximum absolute atomic E-state index is 13.6. The van der Waals surface area contributed by atoms with Crippen LogP contribution in [0.3, 0.4) is 0 Å². The Bertz CT molecular complexity index is 1420. The molecule has 172 valence electrons. The van der Waals surface area contributed by atoms with E-state index in [1.54, 1.807) is 42.1 Å². The first-order valence-corrected chi connectivity index (χ1v) is 10.7. The molecule has 1 atom stereocenters. The van der Waals surface area contributed by atoms with Crippen molar-refractivity contribution < 1.29 is 19.1 Å². The Labute approximate surface area is 195 Å². The van der Waals surface area contributed by atoms with Crippen LogP contribution in [-0.4, -0.2) is 32.9 Å². The molecular weight excluding hydrogens is 434 g/mol. The Morgan fingerprint density at radius 2 is 1.97 bits per heavy atom. The Morgan fingerprint density at radius 1 is 1.15 bits per heavy atom. The summed E-state index contributed by atoms with van der Waals surface area (Å²) in [6.45, 7) is 3.66. The van der Waals surface area contributed by atoms with Crippen LogP contribution >= 0.6 is 0 Å².